The SMILES string of the molecule is CC(C)(C#N)N([C@@](C)(Cl)COc1ncccc1C(N)=O)S(=O)(=O)C(F)(F)F. The van der Waals surface area contributed by atoms with Crippen LogP contribution in [0.2, 0.25) is 0 Å². The summed E-state index contributed by atoms with van der Waals surface area (Å²) in [5, 5.41) is 9.16. The average molecular weight is 429 g/mol. The Morgan fingerprint density at radius 3 is 2.41 bits per heavy atom. The molecule has 1 amide bonds. The van der Waals surface area contributed by atoms with Crippen LogP contribution in [0.3, 0.4) is 0 Å². The lowest BCUT2D eigenvalue weighted by atomic mass is 10.1. The first-order valence-electron chi connectivity index (χ1n) is 7.17. The van der Waals surface area contributed by atoms with Gasteiger partial charge in [-0.1, -0.05) is 11.6 Å². The van der Waals surface area contributed by atoms with Crippen molar-refractivity contribution in [1.29, 1.82) is 5.26 Å². The lowest BCUT2D eigenvalue weighted by Crippen LogP contribution is -2.61. The molecule has 0 aliphatic rings. The molecule has 0 spiro atoms. The average Bonchev–Trinajstić information content (AvgIpc) is 2.51. The van der Waals surface area contributed by atoms with E-state index >= 15 is 0 Å². The number of sulfonamides is 1. The zero-order valence-corrected chi connectivity index (χ0v) is 16.0. The van der Waals surface area contributed by atoms with Crippen molar-refractivity contribution in [2.75, 3.05) is 6.61 Å². The number of carbonyl (C=O) groups excluding carboxylic acids is 1. The molecule has 27 heavy (non-hydrogen) atoms. The third-order valence-corrected chi connectivity index (χ3v) is 5.55. The van der Waals surface area contributed by atoms with E-state index in [2.05, 4.69) is 4.98 Å². The third-order valence-electron chi connectivity index (χ3n) is 3.25. The van der Waals surface area contributed by atoms with Gasteiger partial charge >= 0.3 is 15.5 Å². The van der Waals surface area contributed by atoms with Gasteiger partial charge in [0.2, 0.25) is 5.88 Å². The van der Waals surface area contributed by atoms with E-state index in [0.717, 1.165) is 20.8 Å². The molecular formula is C14H16ClF3N4O4S. The van der Waals surface area contributed by atoms with Gasteiger partial charge in [-0.3, -0.25) is 4.79 Å². The zero-order chi connectivity index (χ0) is 21.3. The zero-order valence-electron chi connectivity index (χ0n) is 14.4. The molecule has 0 aromatic carbocycles. The standard InChI is InChI=1S/C14H16ClF3N4O4S/c1-12(2,7-19)22(27(24,25)14(16,17)18)13(3,15)8-26-11-9(10(20)23)5-4-6-21-11/h4-6H,8H2,1-3H3,(H2,20,23)/t13-/m1/s1. The van der Waals surface area contributed by atoms with Gasteiger partial charge in [0.05, 0.1) is 6.07 Å². The predicted octanol–water partition coefficient (Wildman–Crippen LogP) is 1.97. The highest BCUT2D eigenvalue weighted by Crippen LogP contribution is 2.39. The Kier molecular flexibility index (Phi) is 6.37. The number of alkyl halides is 4. The van der Waals surface area contributed by atoms with Gasteiger partial charge in [0.15, 0.2) is 0 Å². The molecule has 0 bridgehead atoms. The molecule has 1 heterocycles. The second kappa shape index (κ2) is 7.49. The minimum atomic E-state index is -6.01. The van der Waals surface area contributed by atoms with Gasteiger partial charge in [0.1, 0.15) is 22.7 Å². The van der Waals surface area contributed by atoms with Crippen molar-refractivity contribution in [1.82, 2.24) is 9.29 Å². The van der Waals surface area contributed by atoms with Crippen LogP contribution in [-0.4, -0.2) is 46.3 Å². The molecule has 0 saturated heterocycles. The van der Waals surface area contributed by atoms with Gasteiger partial charge < -0.3 is 10.5 Å². The molecule has 0 aliphatic heterocycles. The van der Waals surface area contributed by atoms with Crippen molar-refractivity contribution in [3.8, 4) is 11.9 Å². The lowest BCUT2D eigenvalue weighted by molar-refractivity contribution is -0.0541. The van der Waals surface area contributed by atoms with Crippen molar-refractivity contribution < 1.29 is 31.1 Å². The Balaban J connectivity index is 3.35. The van der Waals surface area contributed by atoms with Crippen LogP contribution in [-0.2, 0) is 10.0 Å². The molecule has 0 fully saturated rings. The summed E-state index contributed by atoms with van der Waals surface area (Å²) in [4.78, 5) is 12.7. The fourth-order valence-corrected chi connectivity index (χ4v) is 4.18. The van der Waals surface area contributed by atoms with E-state index in [-0.39, 0.29) is 15.7 Å². The minimum absolute atomic E-state index is 0.185. The summed E-state index contributed by atoms with van der Waals surface area (Å²) in [6.07, 6.45) is 1.22. The van der Waals surface area contributed by atoms with Gasteiger partial charge in [-0.05, 0) is 32.9 Å². The van der Waals surface area contributed by atoms with Crippen molar-refractivity contribution in [2.24, 2.45) is 5.73 Å². The van der Waals surface area contributed by atoms with Crippen LogP contribution < -0.4 is 10.5 Å². The van der Waals surface area contributed by atoms with E-state index in [1.54, 1.807) is 0 Å². The second-order valence-electron chi connectivity index (χ2n) is 6.04. The van der Waals surface area contributed by atoms with E-state index in [0.29, 0.717) is 0 Å². The number of aromatic nitrogens is 1. The van der Waals surface area contributed by atoms with Crippen LogP contribution in [0.25, 0.3) is 0 Å². The predicted molar refractivity (Wildman–Crippen MR) is 89.0 cm³/mol. The Morgan fingerprint density at radius 2 is 1.96 bits per heavy atom. The van der Waals surface area contributed by atoms with Crippen LogP contribution in [0.15, 0.2) is 18.3 Å². The quantitative estimate of drug-likeness (QED) is 0.522. The van der Waals surface area contributed by atoms with Gasteiger partial charge in [-0.25, -0.2) is 13.4 Å². The maximum atomic E-state index is 13.1. The molecule has 1 rings (SSSR count). The summed E-state index contributed by atoms with van der Waals surface area (Å²) < 4.78 is 68.3. The van der Waals surface area contributed by atoms with E-state index in [1.807, 2.05) is 0 Å². The van der Waals surface area contributed by atoms with Gasteiger partial charge in [-0.15, -0.1) is 0 Å². The van der Waals surface area contributed by atoms with Crippen LogP contribution >= 0.6 is 11.6 Å². The second-order valence-corrected chi connectivity index (χ2v) is 8.63. The Hall–Kier alpha value is -2.10. The fourth-order valence-electron chi connectivity index (χ4n) is 2.23. The largest absolute Gasteiger partial charge is 0.511 e. The molecule has 150 valence electrons. The molecule has 1 aromatic rings. The molecule has 0 aliphatic carbocycles. The first-order chi connectivity index (χ1) is 12.1. The van der Waals surface area contributed by atoms with Gasteiger partial charge in [-0.2, -0.15) is 22.7 Å². The maximum Gasteiger partial charge on any atom is 0.511 e. The number of nitrogens with two attached hydrogens (primary N) is 1. The van der Waals surface area contributed by atoms with E-state index < -0.39 is 38.6 Å². The van der Waals surface area contributed by atoms with Crippen LogP contribution in [0.4, 0.5) is 13.2 Å². The third kappa shape index (κ3) is 4.79. The van der Waals surface area contributed by atoms with E-state index in [9.17, 15) is 26.4 Å². The summed E-state index contributed by atoms with van der Waals surface area (Å²) in [5.41, 5.74) is -2.93. The molecule has 0 saturated carbocycles. The van der Waals surface area contributed by atoms with Crippen LogP contribution in [0.5, 0.6) is 5.88 Å². The van der Waals surface area contributed by atoms with Crippen LogP contribution in [0, 0.1) is 11.3 Å². The molecule has 2 N–H and O–H groups in total. The van der Waals surface area contributed by atoms with Crippen molar-refractivity contribution in [3.63, 3.8) is 0 Å². The van der Waals surface area contributed by atoms with Crippen molar-refractivity contribution >= 4 is 27.5 Å². The number of hydrogen-bond acceptors (Lipinski definition) is 6. The number of nitriles is 1. The Labute approximate surface area is 158 Å². The number of hydrogen-bond donors (Lipinski definition) is 1. The lowest BCUT2D eigenvalue weighted by Gasteiger charge is -2.41. The number of primary amides is 1. The van der Waals surface area contributed by atoms with Crippen molar-refractivity contribution in [3.05, 3.63) is 23.9 Å². The molecule has 1 atom stereocenters. The number of pyridine rings is 1. The number of halogens is 4. The number of amides is 1. The first-order valence-corrected chi connectivity index (χ1v) is 8.99. The number of carbonyl (C=O) groups is 1. The van der Waals surface area contributed by atoms with E-state index in [1.165, 1.54) is 24.4 Å². The first kappa shape index (κ1) is 22.9. The number of rotatable bonds is 7. The summed E-state index contributed by atoms with van der Waals surface area (Å²) >= 11 is 6.06. The number of nitrogens with zero attached hydrogens (tertiary/aromatic N) is 3. The summed E-state index contributed by atoms with van der Waals surface area (Å²) in [6.45, 7) is 1.95. The summed E-state index contributed by atoms with van der Waals surface area (Å²) in [7, 11) is -6.01. The highest BCUT2D eigenvalue weighted by atomic mass is 35.5. The topological polar surface area (TPSA) is 126 Å². The molecule has 0 radical (unpaired) electrons. The molecule has 1 aromatic heterocycles. The minimum Gasteiger partial charge on any atom is -0.474 e. The molecule has 13 heteroatoms. The Bertz CT molecular complexity index is 866. The highest BCUT2D eigenvalue weighted by molar-refractivity contribution is 7.90. The highest BCUT2D eigenvalue weighted by Gasteiger charge is 2.60. The number of ether oxygens (including phenoxy) is 1. The van der Waals surface area contributed by atoms with Crippen LogP contribution in [0.1, 0.15) is 31.1 Å². The normalized spacial score (nSPS) is 15.1. The fraction of sp³-hybridized carbons (Fsp3) is 0.500. The summed E-state index contributed by atoms with van der Waals surface area (Å²) in [6, 6.07) is 4.09. The molecule has 8 nitrogen and oxygen atoms in total. The maximum absolute atomic E-state index is 13.1. The smallest absolute Gasteiger partial charge is 0.474 e. The van der Waals surface area contributed by atoms with Gasteiger partial charge in [0, 0.05) is 6.20 Å². The Morgan fingerprint density at radius 1 is 1.41 bits per heavy atom. The molecular weight excluding hydrogens is 413 g/mol. The van der Waals surface area contributed by atoms with E-state index in [4.69, 9.17) is 27.3 Å². The van der Waals surface area contributed by atoms with Crippen molar-refractivity contribution in [2.45, 2.75) is 36.8 Å². The monoisotopic (exact) mass is 428 g/mol. The summed E-state index contributed by atoms with van der Waals surface area (Å²) in [5.74, 6) is -1.28. The van der Waals surface area contributed by atoms with Gasteiger partial charge in [0.25, 0.3) is 5.91 Å². The molecule has 0 unspecified atom stereocenters.